The quantitative estimate of drug-likeness (QED) is 0.899. The van der Waals surface area contributed by atoms with Crippen LogP contribution >= 0.6 is 0 Å². The summed E-state index contributed by atoms with van der Waals surface area (Å²) in [6.07, 6.45) is 1.96. The molecule has 0 atom stereocenters. The van der Waals surface area contributed by atoms with Crippen LogP contribution in [-0.2, 0) is 16.0 Å². The van der Waals surface area contributed by atoms with E-state index in [2.05, 4.69) is 22.3 Å². The van der Waals surface area contributed by atoms with E-state index in [1.807, 2.05) is 17.9 Å². The van der Waals surface area contributed by atoms with Crippen molar-refractivity contribution in [3.8, 4) is 0 Å². The first-order valence-electron chi connectivity index (χ1n) is 7.63. The van der Waals surface area contributed by atoms with Crippen LogP contribution in [0.1, 0.15) is 25.3 Å². The number of carbonyl (C=O) groups is 2. The fourth-order valence-electron chi connectivity index (χ4n) is 3.00. The molecule has 1 aromatic rings. The second kappa shape index (κ2) is 5.76. The van der Waals surface area contributed by atoms with Crippen LogP contribution in [-0.4, -0.2) is 42.9 Å². The van der Waals surface area contributed by atoms with Crippen LogP contribution in [0.2, 0.25) is 0 Å². The highest BCUT2D eigenvalue weighted by atomic mass is 16.2. The normalized spacial score (nSPS) is 18.2. The first kappa shape index (κ1) is 13.9. The minimum absolute atomic E-state index is 0.0990. The average molecular weight is 287 g/mol. The fraction of sp³-hybridized carbons (Fsp3) is 0.500. The van der Waals surface area contributed by atoms with Crippen LogP contribution in [0.25, 0.3) is 0 Å². The number of rotatable bonds is 2. The van der Waals surface area contributed by atoms with E-state index >= 15 is 0 Å². The van der Waals surface area contributed by atoms with E-state index in [1.54, 1.807) is 0 Å². The predicted octanol–water partition coefficient (Wildman–Crippen LogP) is 1.63. The zero-order valence-corrected chi connectivity index (χ0v) is 12.4. The highest BCUT2D eigenvalue weighted by molar-refractivity contribution is 5.94. The Morgan fingerprint density at radius 1 is 1.19 bits per heavy atom. The molecule has 2 aliphatic rings. The predicted molar refractivity (Wildman–Crippen MR) is 82.5 cm³/mol. The Morgan fingerprint density at radius 3 is 2.67 bits per heavy atom. The number of hydrogen-bond donors (Lipinski definition) is 1. The van der Waals surface area contributed by atoms with Crippen molar-refractivity contribution in [2.24, 2.45) is 0 Å². The second-order valence-electron chi connectivity index (χ2n) is 5.61. The van der Waals surface area contributed by atoms with Gasteiger partial charge in [-0.3, -0.25) is 9.59 Å². The van der Waals surface area contributed by atoms with Crippen molar-refractivity contribution in [3.63, 3.8) is 0 Å². The van der Waals surface area contributed by atoms with E-state index in [9.17, 15) is 9.59 Å². The Balaban J connectivity index is 1.69. The smallest absolute Gasteiger partial charge is 0.224 e. The minimum Gasteiger partial charge on any atom is -0.368 e. The molecule has 0 bridgehead atoms. The molecule has 3 rings (SSSR count). The van der Waals surface area contributed by atoms with Gasteiger partial charge in [0, 0.05) is 50.4 Å². The van der Waals surface area contributed by atoms with Crippen LogP contribution in [0.4, 0.5) is 11.4 Å². The number of fused-ring (bicyclic) bond motifs is 1. The molecule has 2 aliphatic heterocycles. The van der Waals surface area contributed by atoms with Gasteiger partial charge in [0.05, 0.1) is 0 Å². The Morgan fingerprint density at radius 2 is 1.95 bits per heavy atom. The number of nitrogens with zero attached hydrogens (tertiary/aromatic N) is 2. The summed E-state index contributed by atoms with van der Waals surface area (Å²) in [6, 6.07) is 6.22. The van der Waals surface area contributed by atoms with Gasteiger partial charge < -0.3 is 15.1 Å². The van der Waals surface area contributed by atoms with Crippen molar-refractivity contribution in [2.45, 2.75) is 26.2 Å². The van der Waals surface area contributed by atoms with Gasteiger partial charge in [-0.25, -0.2) is 0 Å². The summed E-state index contributed by atoms with van der Waals surface area (Å²) >= 11 is 0. The summed E-state index contributed by atoms with van der Waals surface area (Å²) in [5, 5.41) is 2.91. The van der Waals surface area contributed by atoms with Crippen molar-refractivity contribution >= 4 is 23.2 Å². The molecule has 0 aromatic heterocycles. The van der Waals surface area contributed by atoms with Gasteiger partial charge in [-0.2, -0.15) is 0 Å². The maximum atomic E-state index is 11.7. The SMILES string of the molecule is CCC(=O)N1CCN(c2ccc3c(c2)CCC(=O)N3)CC1. The molecule has 0 radical (unpaired) electrons. The lowest BCUT2D eigenvalue weighted by atomic mass is 10.0. The Labute approximate surface area is 124 Å². The zero-order chi connectivity index (χ0) is 14.8. The highest BCUT2D eigenvalue weighted by Crippen LogP contribution is 2.28. The van der Waals surface area contributed by atoms with Crippen LogP contribution < -0.4 is 10.2 Å². The molecule has 1 N–H and O–H groups in total. The second-order valence-corrected chi connectivity index (χ2v) is 5.61. The van der Waals surface area contributed by atoms with Crippen LogP contribution in [0.15, 0.2) is 18.2 Å². The van der Waals surface area contributed by atoms with Crippen LogP contribution in [0.3, 0.4) is 0 Å². The molecule has 0 saturated carbocycles. The van der Waals surface area contributed by atoms with E-state index in [0.717, 1.165) is 38.3 Å². The summed E-state index contributed by atoms with van der Waals surface area (Å²) in [5.41, 5.74) is 3.34. The maximum absolute atomic E-state index is 11.7. The molecule has 1 fully saturated rings. The largest absolute Gasteiger partial charge is 0.368 e. The molecular formula is C16H21N3O2. The molecule has 21 heavy (non-hydrogen) atoms. The van der Waals surface area contributed by atoms with E-state index in [0.29, 0.717) is 12.8 Å². The lowest BCUT2D eigenvalue weighted by Gasteiger charge is -2.36. The number of carbonyl (C=O) groups excluding carboxylic acids is 2. The molecule has 1 aromatic carbocycles. The molecule has 2 heterocycles. The van der Waals surface area contributed by atoms with Crippen molar-refractivity contribution in [1.82, 2.24) is 4.90 Å². The molecule has 5 nitrogen and oxygen atoms in total. The van der Waals surface area contributed by atoms with Gasteiger partial charge in [0.25, 0.3) is 0 Å². The lowest BCUT2D eigenvalue weighted by molar-refractivity contribution is -0.131. The standard InChI is InChI=1S/C16H21N3O2/c1-2-16(21)19-9-7-18(8-10-19)13-4-5-14-12(11-13)3-6-15(20)17-14/h4-5,11H,2-3,6-10H2,1H3,(H,17,20). The first-order chi connectivity index (χ1) is 10.2. The van der Waals surface area contributed by atoms with Crippen molar-refractivity contribution < 1.29 is 9.59 Å². The summed E-state index contributed by atoms with van der Waals surface area (Å²) in [5.74, 6) is 0.338. The lowest BCUT2D eigenvalue weighted by Crippen LogP contribution is -2.48. The van der Waals surface area contributed by atoms with Crippen molar-refractivity contribution in [2.75, 3.05) is 36.4 Å². The third kappa shape index (κ3) is 2.86. The third-order valence-electron chi connectivity index (χ3n) is 4.28. The number of piperazine rings is 1. The highest BCUT2D eigenvalue weighted by Gasteiger charge is 2.21. The summed E-state index contributed by atoms with van der Waals surface area (Å²) in [4.78, 5) is 27.3. The van der Waals surface area contributed by atoms with E-state index in [4.69, 9.17) is 0 Å². The van der Waals surface area contributed by atoms with Gasteiger partial charge in [-0.1, -0.05) is 6.92 Å². The summed E-state index contributed by atoms with van der Waals surface area (Å²) in [6.45, 7) is 5.24. The molecular weight excluding hydrogens is 266 g/mol. The first-order valence-corrected chi connectivity index (χ1v) is 7.63. The van der Waals surface area contributed by atoms with Gasteiger partial charge in [0.2, 0.25) is 11.8 Å². The van der Waals surface area contributed by atoms with E-state index < -0.39 is 0 Å². The average Bonchev–Trinajstić information content (AvgIpc) is 2.53. The van der Waals surface area contributed by atoms with Gasteiger partial charge in [0.15, 0.2) is 0 Å². The van der Waals surface area contributed by atoms with E-state index in [-0.39, 0.29) is 11.8 Å². The Kier molecular flexibility index (Phi) is 3.82. The van der Waals surface area contributed by atoms with E-state index in [1.165, 1.54) is 11.3 Å². The van der Waals surface area contributed by atoms with Crippen LogP contribution in [0.5, 0.6) is 0 Å². The molecule has 112 valence electrons. The maximum Gasteiger partial charge on any atom is 0.224 e. The van der Waals surface area contributed by atoms with Gasteiger partial charge >= 0.3 is 0 Å². The zero-order valence-electron chi connectivity index (χ0n) is 12.4. The third-order valence-corrected chi connectivity index (χ3v) is 4.28. The number of amides is 2. The molecule has 0 aliphatic carbocycles. The fourth-order valence-corrected chi connectivity index (χ4v) is 3.00. The molecule has 0 unspecified atom stereocenters. The van der Waals surface area contributed by atoms with Crippen molar-refractivity contribution in [1.29, 1.82) is 0 Å². The summed E-state index contributed by atoms with van der Waals surface area (Å²) < 4.78 is 0. The Bertz CT molecular complexity index is 563. The molecule has 5 heteroatoms. The monoisotopic (exact) mass is 287 g/mol. The molecule has 0 spiro atoms. The number of hydrogen-bond acceptors (Lipinski definition) is 3. The van der Waals surface area contributed by atoms with Gasteiger partial charge in [0.1, 0.15) is 0 Å². The molecule has 2 amide bonds. The minimum atomic E-state index is 0.0990. The van der Waals surface area contributed by atoms with Crippen LogP contribution in [0, 0.1) is 0 Å². The Hall–Kier alpha value is -2.04. The van der Waals surface area contributed by atoms with Crippen molar-refractivity contribution in [3.05, 3.63) is 23.8 Å². The van der Waals surface area contributed by atoms with Gasteiger partial charge in [-0.05, 0) is 30.2 Å². The van der Waals surface area contributed by atoms with Gasteiger partial charge in [-0.15, -0.1) is 0 Å². The number of anilines is 2. The summed E-state index contributed by atoms with van der Waals surface area (Å²) in [7, 11) is 0. The number of nitrogens with one attached hydrogen (secondary N) is 1. The number of benzene rings is 1. The molecule has 1 saturated heterocycles. The number of aryl methyl sites for hydroxylation is 1. The topological polar surface area (TPSA) is 52.7 Å².